The summed E-state index contributed by atoms with van der Waals surface area (Å²) in [6.07, 6.45) is 8.35. The third kappa shape index (κ3) is 2.80. The fraction of sp³-hybridized carbons (Fsp3) is 0.250. The Kier molecular flexibility index (Phi) is 3.12. The maximum atomic E-state index is 4.99. The standard InChI is InChI=1S/C8H10N2O/c1-2-11-6-3-8-7-9-4-5-10-8/h3-7H,2H2,1H3/b6-3+. The van der Waals surface area contributed by atoms with Gasteiger partial charge in [-0.1, -0.05) is 0 Å². The van der Waals surface area contributed by atoms with E-state index < -0.39 is 0 Å². The number of aromatic nitrogens is 2. The molecule has 0 N–H and O–H groups in total. The van der Waals surface area contributed by atoms with E-state index in [4.69, 9.17) is 4.74 Å². The maximum Gasteiger partial charge on any atom is 0.0850 e. The van der Waals surface area contributed by atoms with E-state index in [9.17, 15) is 0 Å². The summed E-state index contributed by atoms with van der Waals surface area (Å²) in [7, 11) is 0. The highest BCUT2D eigenvalue weighted by molar-refractivity contribution is 5.40. The van der Waals surface area contributed by atoms with Crippen LogP contribution in [0, 0.1) is 0 Å². The molecule has 58 valence electrons. The lowest BCUT2D eigenvalue weighted by atomic mass is 10.4. The van der Waals surface area contributed by atoms with Crippen molar-refractivity contribution >= 4 is 6.08 Å². The zero-order chi connectivity index (χ0) is 7.94. The van der Waals surface area contributed by atoms with E-state index in [-0.39, 0.29) is 0 Å². The zero-order valence-corrected chi connectivity index (χ0v) is 6.40. The van der Waals surface area contributed by atoms with Crippen molar-refractivity contribution in [1.82, 2.24) is 9.97 Å². The molecule has 3 nitrogen and oxygen atoms in total. The molecule has 1 aromatic heterocycles. The Morgan fingerprint density at radius 3 is 3.09 bits per heavy atom. The van der Waals surface area contributed by atoms with Crippen molar-refractivity contribution in [3.05, 3.63) is 30.5 Å². The topological polar surface area (TPSA) is 35.0 Å². The lowest BCUT2D eigenvalue weighted by molar-refractivity contribution is 0.272. The molecule has 0 spiro atoms. The molecular formula is C8H10N2O. The van der Waals surface area contributed by atoms with Crippen LogP contribution in [0.2, 0.25) is 0 Å². The van der Waals surface area contributed by atoms with Gasteiger partial charge in [-0.25, -0.2) is 0 Å². The third-order valence-corrected chi connectivity index (χ3v) is 1.08. The molecule has 0 saturated heterocycles. The molecule has 1 rings (SSSR count). The van der Waals surface area contributed by atoms with Crippen molar-refractivity contribution in [2.45, 2.75) is 6.92 Å². The molecule has 0 fully saturated rings. The molecule has 0 atom stereocenters. The van der Waals surface area contributed by atoms with Crippen molar-refractivity contribution in [1.29, 1.82) is 0 Å². The maximum absolute atomic E-state index is 4.99. The van der Waals surface area contributed by atoms with Crippen LogP contribution in [0.1, 0.15) is 12.6 Å². The first-order chi connectivity index (χ1) is 5.43. The van der Waals surface area contributed by atoms with Gasteiger partial charge in [-0.3, -0.25) is 9.97 Å². The molecule has 1 aromatic rings. The minimum atomic E-state index is 0.677. The monoisotopic (exact) mass is 150 g/mol. The lowest BCUT2D eigenvalue weighted by Gasteiger charge is -1.91. The van der Waals surface area contributed by atoms with E-state index in [0.717, 1.165) is 5.69 Å². The predicted octanol–water partition coefficient (Wildman–Crippen LogP) is 1.48. The van der Waals surface area contributed by atoms with Gasteiger partial charge in [0.05, 0.1) is 24.8 Å². The molecule has 3 heteroatoms. The highest BCUT2D eigenvalue weighted by Crippen LogP contribution is 1.93. The molecule has 0 saturated carbocycles. The first-order valence-corrected chi connectivity index (χ1v) is 3.47. The first kappa shape index (κ1) is 7.72. The van der Waals surface area contributed by atoms with Gasteiger partial charge in [0.15, 0.2) is 0 Å². The van der Waals surface area contributed by atoms with Crippen LogP contribution < -0.4 is 0 Å². The van der Waals surface area contributed by atoms with E-state index >= 15 is 0 Å². The summed E-state index contributed by atoms with van der Waals surface area (Å²) in [6.45, 7) is 2.61. The molecule has 1 heterocycles. The van der Waals surface area contributed by atoms with Crippen LogP contribution in [0.5, 0.6) is 0 Å². The number of hydrogen-bond donors (Lipinski definition) is 0. The van der Waals surface area contributed by atoms with Crippen LogP contribution in [0.15, 0.2) is 24.9 Å². The SMILES string of the molecule is CCO/C=C/c1cnccn1. The zero-order valence-electron chi connectivity index (χ0n) is 6.40. The average Bonchev–Trinajstić information content (AvgIpc) is 2.07. The Balaban J connectivity index is 2.50. The molecule has 0 aliphatic carbocycles. The number of ether oxygens (including phenoxy) is 1. The Labute approximate surface area is 65.8 Å². The Hall–Kier alpha value is -1.38. The van der Waals surface area contributed by atoms with Crippen LogP contribution in [-0.2, 0) is 4.74 Å². The largest absolute Gasteiger partial charge is 0.501 e. The highest BCUT2D eigenvalue weighted by Gasteiger charge is 1.83. The van der Waals surface area contributed by atoms with E-state index in [0.29, 0.717) is 6.61 Å². The van der Waals surface area contributed by atoms with Gasteiger partial charge in [-0.05, 0) is 13.0 Å². The van der Waals surface area contributed by atoms with Crippen LogP contribution >= 0.6 is 0 Å². The van der Waals surface area contributed by atoms with Gasteiger partial charge in [-0.15, -0.1) is 0 Å². The van der Waals surface area contributed by atoms with Crippen LogP contribution in [0.3, 0.4) is 0 Å². The molecule has 0 unspecified atom stereocenters. The van der Waals surface area contributed by atoms with Gasteiger partial charge < -0.3 is 4.74 Å². The van der Waals surface area contributed by atoms with Crippen LogP contribution in [0.25, 0.3) is 6.08 Å². The molecule has 0 bridgehead atoms. The van der Waals surface area contributed by atoms with E-state index in [2.05, 4.69) is 9.97 Å². The molecule has 0 aliphatic heterocycles. The highest BCUT2D eigenvalue weighted by atomic mass is 16.5. The van der Waals surface area contributed by atoms with E-state index in [1.165, 1.54) is 0 Å². The summed E-state index contributed by atoms with van der Waals surface area (Å²) in [5.41, 5.74) is 0.806. The van der Waals surface area contributed by atoms with Gasteiger partial charge in [0.25, 0.3) is 0 Å². The average molecular weight is 150 g/mol. The number of hydrogen-bond acceptors (Lipinski definition) is 3. The van der Waals surface area contributed by atoms with Crippen molar-refractivity contribution in [2.24, 2.45) is 0 Å². The summed E-state index contributed by atoms with van der Waals surface area (Å²) in [5.74, 6) is 0. The van der Waals surface area contributed by atoms with Crippen molar-refractivity contribution < 1.29 is 4.74 Å². The second kappa shape index (κ2) is 4.44. The molecular weight excluding hydrogens is 140 g/mol. The molecule has 11 heavy (non-hydrogen) atoms. The smallest absolute Gasteiger partial charge is 0.0850 e. The normalized spacial score (nSPS) is 10.3. The summed E-state index contributed by atoms with van der Waals surface area (Å²) >= 11 is 0. The molecule has 0 aromatic carbocycles. The van der Waals surface area contributed by atoms with Gasteiger partial charge in [0.1, 0.15) is 0 Å². The quantitative estimate of drug-likeness (QED) is 0.612. The van der Waals surface area contributed by atoms with Gasteiger partial charge in [0.2, 0.25) is 0 Å². The number of rotatable bonds is 3. The third-order valence-electron chi connectivity index (χ3n) is 1.08. The minimum Gasteiger partial charge on any atom is -0.501 e. The molecule has 0 amide bonds. The molecule has 0 radical (unpaired) electrons. The predicted molar refractivity (Wildman–Crippen MR) is 42.7 cm³/mol. The van der Waals surface area contributed by atoms with Crippen LogP contribution in [-0.4, -0.2) is 16.6 Å². The van der Waals surface area contributed by atoms with E-state index in [1.807, 2.05) is 6.92 Å². The Morgan fingerprint density at radius 1 is 1.55 bits per heavy atom. The van der Waals surface area contributed by atoms with Gasteiger partial charge >= 0.3 is 0 Å². The summed E-state index contributed by atoms with van der Waals surface area (Å²) < 4.78 is 4.99. The fourth-order valence-corrected chi connectivity index (χ4v) is 0.611. The molecule has 0 aliphatic rings. The second-order valence-corrected chi connectivity index (χ2v) is 1.89. The summed E-state index contributed by atoms with van der Waals surface area (Å²) in [4.78, 5) is 7.92. The van der Waals surface area contributed by atoms with Crippen molar-refractivity contribution in [3.63, 3.8) is 0 Å². The van der Waals surface area contributed by atoms with Crippen LogP contribution in [0.4, 0.5) is 0 Å². The second-order valence-electron chi connectivity index (χ2n) is 1.89. The van der Waals surface area contributed by atoms with Gasteiger partial charge in [0, 0.05) is 12.4 Å². The Morgan fingerprint density at radius 2 is 2.45 bits per heavy atom. The summed E-state index contributed by atoms with van der Waals surface area (Å²) in [5, 5.41) is 0. The minimum absolute atomic E-state index is 0.677. The number of nitrogens with zero attached hydrogens (tertiary/aromatic N) is 2. The lowest BCUT2D eigenvalue weighted by Crippen LogP contribution is -1.81. The fourth-order valence-electron chi connectivity index (χ4n) is 0.611. The first-order valence-electron chi connectivity index (χ1n) is 3.47. The van der Waals surface area contributed by atoms with Gasteiger partial charge in [-0.2, -0.15) is 0 Å². The van der Waals surface area contributed by atoms with E-state index in [1.54, 1.807) is 30.9 Å². The van der Waals surface area contributed by atoms with Crippen molar-refractivity contribution in [2.75, 3.05) is 6.61 Å². The Bertz CT molecular complexity index is 221. The van der Waals surface area contributed by atoms with Crippen molar-refractivity contribution in [3.8, 4) is 0 Å². The summed E-state index contributed by atoms with van der Waals surface area (Å²) in [6, 6.07) is 0.